The maximum Gasteiger partial charge on any atom is 0.317 e. The van der Waals surface area contributed by atoms with Crippen molar-refractivity contribution in [3.05, 3.63) is 32.3 Å². The van der Waals surface area contributed by atoms with Gasteiger partial charge in [-0.3, -0.25) is 20.4 Å². The Morgan fingerprint density at radius 1 is 1.44 bits per heavy atom. The van der Waals surface area contributed by atoms with E-state index < -0.39 is 18.2 Å². The van der Waals surface area contributed by atoms with Crippen molar-refractivity contribution in [1.82, 2.24) is 10.9 Å². The van der Waals surface area contributed by atoms with E-state index in [4.69, 9.17) is 5.53 Å². The van der Waals surface area contributed by atoms with Crippen molar-refractivity contribution in [1.29, 1.82) is 0 Å². The van der Waals surface area contributed by atoms with Gasteiger partial charge in [0.25, 0.3) is 5.91 Å². The molecule has 18 heavy (non-hydrogen) atoms. The maximum atomic E-state index is 11.8. The number of hydrogen-bond acceptors (Lipinski definition) is 4. The number of carbonyl (C=O) groups is 2. The average molecular weight is 275 g/mol. The Morgan fingerprint density at radius 2 is 2.17 bits per heavy atom. The molecule has 7 nitrogen and oxygen atoms in total. The van der Waals surface area contributed by atoms with E-state index in [-0.39, 0.29) is 11.4 Å². The number of nitrogens with one attached hydrogen (secondary N) is 2. The Balaban J connectivity index is 2.54. The summed E-state index contributed by atoms with van der Waals surface area (Å²) in [5.74, 6) is -2.31. The molecule has 2 N–H and O–H groups in total. The number of carbonyl (C=O) groups excluding carboxylic acids is 2. The van der Waals surface area contributed by atoms with Crippen LogP contribution in [-0.4, -0.2) is 18.2 Å². The zero-order valence-corrected chi connectivity index (χ0v) is 9.58. The van der Waals surface area contributed by atoms with Crippen molar-refractivity contribution in [2.45, 2.75) is 13.0 Å². The minimum absolute atomic E-state index is 0.0951. The molecule has 2 amide bonds. The van der Waals surface area contributed by atoms with Crippen molar-refractivity contribution in [3.8, 4) is 0 Å². The molecule has 1 rings (SSSR count). The number of thiophene rings is 1. The molecule has 0 aliphatic heterocycles. The summed E-state index contributed by atoms with van der Waals surface area (Å²) in [7, 11) is 0. The van der Waals surface area contributed by atoms with Crippen LogP contribution in [0.4, 0.5) is 8.78 Å². The average Bonchev–Trinajstić information content (AvgIpc) is 2.81. The molecule has 0 saturated heterocycles. The fourth-order valence-electron chi connectivity index (χ4n) is 0.921. The molecule has 0 aliphatic carbocycles. The molecular formula is C8H7F2N5O2S. The standard InChI is InChI=1S/C8H7F2N5O2S/c9-6(10)8(17)14-13-7(16)5-2-1-4(18-5)3-12-15-11/h1-2,6H,3H2,(H,13,16)(H,14,17). The summed E-state index contributed by atoms with van der Waals surface area (Å²) in [6, 6.07) is 2.99. The van der Waals surface area contributed by atoms with E-state index in [1.54, 1.807) is 11.5 Å². The fourth-order valence-corrected chi connectivity index (χ4v) is 1.74. The van der Waals surface area contributed by atoms with Gasteiger partial charge in [-0.05, 0) is 17.7 Å². The van der Waals surface area contributed by atoms with Crippen LogP contribution in [0.1, 0.15) is 14.5 Å². The number of hydrogen-bond donors (Lipinski definition) is 2. The second-order valence-corrected chi connectivity index (χ2v) is 4.07. The third-order valence-electron chi connectivity index (χ3n) is 1.67. The second-order valence-electron chi connectivity index (χ2n) is 2.90. The Hall–Kier alpha value is -2.19. The summed E-state index contributed by atoms with van der Waals surface area (Å²) in [5.41, 5.74) is 11.5. The molecule has 0 spiro atoms. The number of azide groups is 1. The number of alkyl halides is 2. The van der Waals surface area contributed by atoms with E-state index in [1.165, 1.54) is 6.07 Å². The van der Waals surface area contributed by atoms with Gasteiger partial charge in [-0.1, -0.05) is 5.11 Å². The third kappa shape index (κ3) is 4.00. The van der Waals surface area contributed by atoms with Gasteiger partial charge in [0.05, 0.1) is 11.4 Å². The number of hydrazine groups is 1. The van der Waals surface area contributed by atoms with E-state index in [0.29, 0.717) is 4.88 Å². The van der Waals surface area contributed by atoms with Gasteiger partial charge in [0.1, 0.15) is 0 Å². The monoisotopic (exact) mass is 275 g/mol. The summed E-state index contributed by atoms with van der Waals surface area (Å²) in [6.07, 6.45) is -3.20. The van der Waals surface area contributed by atoms with Crippen LogP contribution in [0.5, 0.6) is 0 Å². The van der Waals surface area contributed by atoms with E-state index in [9.17, 15) is 18.4 Å². The van der Waals surface area contributed by atoms with Crippen molar-refractivity contribution in [2.75, 3.05) is 0 Å². The largest absolute Gasteiger partial charge is 0.317 e. The maximum absolute atomic E-state index is 11.8. The predicted octanol–water partition coefficient (Wildman–Crippen LogP) is 1.58. The van der Waals surface area contributed by atoms with Gasteiger partial charge in [0.15, 0.2) is 0 Å². The smallest absolute Gasteiger partial charge is 0.267 e. The molecule has 0 atom stereocenters. The van der Waals surface area contributed by atoms with Crippen molar-refractivity contribution in [3.63, 3.8) is 0 Å². The van der Waals surface area contributed by atoms with Gasteiger partial charge in [-0.2, -0.15) is 8.78 Å². The molecule has 0 aliphatic rings. The number of halogens is 2. The molecule has 96 valence electrons. The van der Waals surface area contributed by atoms with Gasteiger partial charge in [0, 0.05) is 9.79 Å². The first-order valence-electron chi connectivity index (χ1n) is 4.52. The number of amides is 2. The van der Waals surface area contributed by atoms with Crippen LogP contribution in [0.15, 0.2) is 17.2 Å². The highest BCUT2D eigenvalue weighted by molar-refractivity contribution is 7.14. The lowest BCUT2D eigenvalue weighted by Gasteiger charge is -2.04. The SMILES string of the molecule is [N-]=[N+]=NCc1ccc(C(=O)NNC(=O)C(F)F)s1. The molecule has 0 fully saturated rings. The lowest BCUT2D eigenvalue weighted by atomic mass is 10.4. The van der Waals surface area contributed by atoms with Crippen LogP contribution in [0.2, 0.25) is 0 Å². The highest BCUT2D eigenvalue weighted by Gasteiger charge is 2.16. The van der Waals surface area contributed by atoms with Gasteiger partial charge >= 0.3 is 12.3 Å². The minimum atomic E-state index is -3.20. The molecule has 0 bridgehead atoms. The Kier molecular flexibility index (Phi) is 5.03. The van der Waals surface area contributed by atoms with E-state index >= 15 is 0 Å². The molecule has 0 radical (unpaired) electrons. The van der Waals surface area contributed by atoms with Crippen LogP contribution in [0.3, 0.4) is 0 Å². The lowest BCUT2D eigenvalue weighted by molar-refractivity contribution is -0.132. The van der Waals surface area contributed by atoms with Crippen LogP contribution in [0, 0.1) is 0 Å². The van der Waals surface area contributed by atoms with Crippen LogP contribution in [-0.2, 0) is 11.3 Å². The normalized spacial score (nSPS) is 9.72. The zero-order valence-electron chi connectivity index (χ0n) is 8.76. The molecule has 1 aromatic rings. The topological polar surface area (TPSA) is 107 Å². The summed E-state index contributed by atoms with van der Waals surface area (Å²) < 4.78 is 23.6. The summed E-state index contributed by atoms with van der Waals surface area (Å²) in [5, 5.41) is 3.30. The Bertz CT molecular complexity index is 497. The number of rotatable bonds is 4. The lowest BCUT2D eigenvalue weighted by Crippen LogP contribution is -2.44. The van der Waals surface area contributed by atoms with Crippen molar-refractivity contribution in [2.24, 2.45) is 5.11 Å². The van der Waals surface area contributed by atoms with Crippen LogP contribution >= 0.6 is 11.3 Å². The number of nitrogens with zero attached hydrogens (tertiary/aromatic N) is 3. The first-order chi connectivity index (χ1) is 8.54. The molecule has 0 aromatic carbocycles. The van der Waals surface area contributed by atoms with E-state index in [1.807, 2.05) is 5.43 Å². The molecule has 0 saturated carbocycles. The zero-order chi connectivity index (χ0) is 13.5. The first kappa shape index (κ1) is 13.9. The fraction of sp³-hybridized carbons (Fsp3) is 0.250. The van der Waals surface area contributed by atoms with Gasteiger partial charge < -0.3 is 0 Å². The van der Waals surface area contributed by atoms with Crippen LogP contribution in [0.25, 0.3) is 10.4 Å². The first-order valence-corrected chi connectivity index (χ1v) is 5.34. The van der Waals surface area contributed by atoms with Crippen molar-refractivity contribution >= 4 is 23.2 Å². The molecular weight excluding hydrogens is 268 g/mol. The quantitative estimate of drug-likeness (QED) is 0.376. The summed E-state index contributed by atoms with van der Waals surface area (Å²) >= 11 is 1.03. The molecule has 1 heterocycles. The van der Waals surface area contributed by atoms with Gasteiger partial charge in [-0.15, -0.1) is 11.3 Å². The minimum Gasteiger partial charge on any atom is -0.267 e. The molecule has 10 heteroatoms. The predicted molar refractivity (Wildman–Crippen MR) is 58.8 cm³/mol. The van der Waals surface area contributed by atoms with Gasteiger partial charge in [0.2, 0.25) is 0 Å². The Morgan fingerprint density at radius 3 is 2.78 bits per heavy atom. The van der Waals surface area contributed by atoms with E-state index in [2.05, 4.69) is 10.0 Å². The Labute approximate surface area is 103 Å². The van der Waals surface area contributed by atoms with E-state index in [0.717, 1.165) is 11.3 Å². The van der Waals surface area contributed by atoms with Gasteiger partial charge in [-0.25, -0.2) is 0 Å². The highest BCUT2D eigenvalue weighted by atomic mass is 32.1. The summed E-state index contributed by atoms with van der Waals surface area (Å²) in [6.45, 7) is 0.0951. The molecule has 1 aromatic heterocycles. The highest BCUT2D eigenvalue weighted by Crippen LogP contribution is 2.17. The van der Waals surface area contributed by atoms with Crippen molar-refractivity contribution < 1.29 is 18.4 Å². The third-order valence-corrected chi connectivity index (χ3v) is 2.74. The van der Waals surface area contributed by atoms with Crippen LogP contribution < -0.4 is 10.9 Å². The second kappa shape index (κ2) is 6.52. The summed E-state index contributed by atoms with van der Waals surface area (Å²) in [4.78, 5) is 25.3. The molecule has 0 unspecified atom stereocenters.